The molecule has 33 heavy (non-hydrogen) atoms. The molecule has 3 aromatic rings. The monoisotopic (exact) mass is 458 g/mol. The number of rotatable bonds is 7. The van der Waals surface area contributed by atoms with Crippen molar-refractivity contribution in [3.8, 4) is 5.75 Å². The molecule has 0 saturated heterocycles. The third kappa shape index (κ3) is 5.87. The molecule has 2 aromatic carbocycles. The SMILES string of the molecule is CNc1cc(NC2CCC(C(N)Cc3ccccc3OC(F)(F)F)CC2)nc2ccccc12. The molecule has 1 aromatic heterocycles. The number of hydrogen-bond donors (Lipinski definition) is 3. The van der Waals surface area contributed by atoms with Crippen LogP contribution in [0.5, 0.6) is 5.75 Å². The standard InChI is InChI=1S/C25H29F3N4O/c1-30-22-15-24(32-21-8-4-3-7-19(21)22)31-18-12-10-16(11-13-18)20(29)14-17-6-2-5-9-23(17)33-25(26,27)28/h2-9,15-16,18,20H,10-14,29H2,1H3,(H2,30,31,32). The maximum atomic E-state index is 12.7. The van der Waals surface area contributed by atoms with Gasteiger partial charge in [-0.25, -0.2) is 4.98 Å². The summed E-state index contributed by atoms with van der Waals surface area (Å²) in [4.78, 5) is 4.75. The highest BCUT2D eigenvalue weighted by Crippen LogP contribution is 2.33. The second-order valence-electron chi connectivity index (χ2n) is 8.60. The molecule has 1 unspecified atom stereocenters. The number of nitrogens with two attached hydrogens (primary N) is 1. The summed E-state index contributed by atoms with van der Waals surface area (Å²) in [5.74, 6) is 0.918. The van der Waals surface area contributed by atoms with Crippen molar-refractivity contribution in [3.05, 3.63) is 60.2 Å². The zero-order chi connectivity index (χ0) is 23.4. The fourth-order valence-electron chi connectivity index (χ4n) is 4.67. The Morgan fingerprint density at radius 3 is 2.48 bits per heavy atom. The van der Waals surface area contributed by atoms with Crippen molar-refractivity contribution < 1.29 is 17.9 Å². The van der Waals surface area contributed by atoms with Gasteiger partial charge in [-0.15, -0.1) is 13.2 Å². The highest BCUT2D eigenvalue weighted by molar-refractivity contribution is 5.92. The van der Waals surface area contributed by atoms with Crippen molar-refractivity contribution in [2.45, 2.75) is 50.6 Å². The number of nitrogens with one attached hydrogen (secondary N) is 2. The lowest BCUT2D eigenvalue weighted by molar-refractivity contribution is -0.274. The summed E-state index contributed by atoms with van der Waals surface area (Å²) in [5, 5.41) is 7.87. The molecule has 1 saturated carbocycles. The number of pyridine rings is 1. The van der Waals surface area contributed by atoms with Gasteiger partial charge in [0.25, 0.3) is 0 Å². The van der Waals surface area contributed by atoms with E-state index in [-0.39, 0.29) is 23.8 Å². The van der Waals surface area contributed by atoms with Crippen LogP contribution in [0.25, 0.3) is 10.9 Å². The molecule has 4 N–H and O–H groups in total. The van der Waals surface area contributed by atoms with Crippen molar-refractivity contribution in [2.24, 2.45) is 11.7 Å². The summed E-state index contributed by atoms with van der Waals surface area (Å²) in [5.41, 5.74) is 8.88. The highest BCUT2D eigenvalue weighted by Gasteiger charge is 2.33. The molecule has 1 heterocycles. The van der Waals surface area contributed by atoms with Crippen molar-refractivity contribution in [1.82, 2.24) is 4.98 Å². The number of anilines is 2. The number of aromatic nitrogens is 1. The van der Waals surface area contributed by atoms with Crippen LogP contribution in [0.15, 0.2) is 54.6 Å². The molecule has 176 valence electrons. The molecule has 0 bridgehead atoms. The van der Waals surface area contributed by atoms with Gasteiger partial charge in [0.1, 0.15) is 11.6 Å². The quantitative estimate of drug-likeness (QED) is 0.423. The van der Waals surface area contributed by atoms with Crippen LogP contribution in [0, 0.1) is 5.92 Å². The van der Waals surface area contributed by atoms with Gasteiger partial charge in [-0.2, -0.15) is 0 Å². The first-order chi connectivity index (χ1) is 15.8. The van der Waals surface area contributed by atoms with Crippen LogP contribution in [0.3, 0.4) is 0 Å². The summed E-state index contributed by atoms with van der Waals surface area (Å²) in [6.45, 7) is 0. The molecule has 5 nitrogen and oxygen atoms in total. The Labute approximate surface area is 191 Å². The molecule has 1 fully saturated rings. The van der Waals surface area contributed by atoms with E-state index in [9.17, 15) is 13.2 Å². The lowest BCUT2D eigenvalue weighted by Gasteiger charge is -2.33. The van der Waals surface area contributed by atoms with Gasteiger partial charge in [-0.05, 0) is 55.7 Å². The number of ether oxygens (including phenoxy) is 1. The van der Waals surface area contributed by atoms with E-state index in [0.29, 0.717) is 12.0 Å². The van der Waals surface area contributed by atoms with Crippen molar-refractivity contribution in [3.63, 3.8) is 0 Å². The Morgan fingerprint density at radius 1 is 1.06 bits per heavy atom. The minimum absolute atomic E-state index is 0.168. The summed E-state index contributed by atoms with van der Waals surface area (Å²) in [6.07, 6.45) is -0.674. The first-order valence-corrected chi connectivity index (χ1v) is 11.3. The van der Waals surface area contributed by atoms with Crippen molar-refractivity contribution >= 4 is 22.4 Å². The fourth-order valence-corrected chi connectivity index (χ4v) is 4.67. The zero-order valence-electron chi connectivity index (χ0n) is 18.5. The van der Waals surface area contributed by atoms with E-state index >= 15 is 0 Å². The van der Waals surface area contributed by atoms with E-state index in [2.05, 4.69) is 15.4 Å². The Kier molecular flexibility index (Phi) is 6.93. The predicted octanol–water partition coefficient (Wildman–Crippen LogP) is 5.72. The number of alkyl halides is 3. The number of nitrogens with zero attached hydrogens (tertiary/aromatic N) is 1. The van der Waals surface area contributed by atoms with Gasteiger partial charge in [0.05, 0.1) is 5.52 Å². The number of halogens is 3. The van der Waals surface area contributed by atoms with E-state index in [1.165, 1.54) is 12.1 Å². The van der Waals surface area contributed by atoms with Crippen molar-refractivity contribution in [1.29, 1.82) is 0 Å². The second-order valence-corrected chi connectivity index (χ2v) is 8.60. The van der Waals surface area contributed by atoms with E-state index in [1.807, 2.05) is 37.4 Å². The largest absolute Gasteiger partial charge is 0.573 e. The molecular formula is C25H29F3N4O. The maximum Gasteiger partial charge on any atom is 0.573 e. The minimum atomic E-state index is -4.71. The number of hydrogen-bond acceptors (Lipinski definition) is 5. The molecule has 0 aliphatic heterocycles. The van der Waals surface area contributed by atoms with Gasteiger partial charge in [0.2, 0.25) is 0 Å². The summed E-state index contributed by atoms with van der Waals surface area (Å²) in [6, 6.07) is 16.3. The Bertz CT molecular complexity index is 1080. The average Bonchev–Trinajstić information content (AvgIpc) is 2.79. The van der Waals surface area contributed by atoms with Crippen LogP contribution >= 0.6 is 0 Å². The predicted molar refractivity (Wildman–Crippen MR) is 125 cm³/mol. The molecule has 0 amide bonds. The Hall–Kier alpha value is -3.00. The second kappa shape index (κ2) is 9.87. The van der Waals surface area contributed by atoms with Crippen LogP contribution in [-0.4, -0.2) is 30.5 Å². The van der Waals surface area contributed by atoms with Gasteiger partial charge >= 0.3 is 6.36 Å². The first kappa shape index (κ1) is 23.2. The Morgan fingerprint density at radius 2 is 1.76 bits per heavy atom. The van der Waals surface area contributed by atoms with E-state index in [4.69, 9.17) is 10.7 Å². The number of para-hydroxylation sites is 2. The van der Waals surface area contributed by atoms with E-state index in [0.717, 1.165) is 48.1 Å². The average molecular weight is 459 g/mol. The molecule has 4 rings (SSSR count). The molecule has 1 aliphatic carbocycles. The van der Waals surface area contributed by atoms with E-state index in [1.54, 1.807) is 12.1 Å². The molecule has 0 spiro atoms. The lowest BCUT2D eigenvalue weighted by atomic mass is 9.80. The third-order valence-electron chi connectivity index (χ3n) is 6.37. The van der Waals surface area contributed by atoms with Gasteiger partial charge in [0, 0.05) is 36.3 Å². The van der Waals surface area contributed by atoms with Gasteiger partial charge in [-0.3, -0.25) is 0 Å². The molecule has 8 heteroatoms. The Balaban J connectivity index is 1.35. The van der Waals surface area contributed by atoms with Crippen LogP contribution in [0.1, 0.15) is 31.2 Å². The normalized spacial score (nSPS) is 19.8. The lowest BCUT2D eigenvalue weighted by Crippen LogP contribution is -2.37. The fraction of sp³-hybridized carbons (Fsp3) is 0.400. The highest BCUT2D eigenvalue weighted by atomic mass is 19.4. The van der Waals surface area contributed by atoms with E-state index < -0.39 is 6.36 Å². The number of fused-ring (bicyclic) bond motifs is 1. The molecule has 0 radical (unpaired) electrons. The van der Waals surface area contributed by atoms with Crippen LogP contribution in [0.4, 0.5) is 24.7 Å². The minimum Gasteiger partial charge on any atom is -0.406 e. The molecular weight excluding hydrogens is 429 g/mol. The summed E-state index contributed by atoms with van der Waals surface area (Å²) >= 11 is 0. The topological polar surface area (TPSA) is 72.2 Å². The summed E-state index contributed by atoms with van der Waals surface area (Å²) in [7, 11) is 1.90. The van der Waals surface area contributed by atoms with Crippen molar-refractivity contribution in [2.75, 3.05) is 17.7 Å². The summed E-state index contributed by atoms with van der Waals surface area (Å²) < 4.78 is 42.3. The number of benzene rings is 2. The zero-order valence-corrected chi connectivity index (χ0v) is 18.5. The maximum absolute atomic E-state index is 12.7. The van der Waals surface area contributed by atoms with Crippen LogP contribution in [0.2, 0.25) is 0 Å². The molecule has 1 atom stereocenters. The smallest absolute Gasteiger partial charge is 0.406 e. The van der Waals surface area contributed by atoms with Crippen LogP contribution in [-0.2, 0) is 6.42 Å². The first-order valence-electron chi connectivity index (χ1n) is 11.3. The van der Waals surface area contributed by atoms with Gasteiger partial charge in [-0.1, -0.05) is 36.4 Å². The van der Waals surface area contributed by atoms with Crippen LogP contribution < -0.4 is 21.1 Å². The third-order valence-corrected chi connectivity index (χ3v) is 6.37. The molecule has 1 aliphatic rings. The van der Waals surface area contributed by atoms with Gasteiger partial charge < -0.3 is 21.1 Å². The van der Waals surface area contributed by atoms with Gasteiger partial charge in [0.15, 0.2) is 0 Å².